The van der Waals surface area contributed by atoms with Gasteiger partial charge in [0.25, 0.3) is 0 Å². The molecule has 1 atom stereocenters. The van der Waals surface area contributed by atoms with E-state index >= 15 is 0 Å². The van der Waals surface area contributed by atoms with Gasteiger partial charge in [-0.15, -0.1) is 0 Å². The molecule has 0 amide bonds. The largest absolute Gasteiger partial charge is 0.478 e. The molecule has 0 spiro atoms. The van der Waals surface area contributed by atoms with Crippen molar-refractivity contribution in [1.82, 2.24) is 0 Å². The van der Waals surface area contributed by atoms with E-state index in [0.29, 0.717) is 5.56 Å². The predicted octanol–water partition coefficient (Wildman–Crippen LogP) is 0.980. The number of aromatic carboxylic acids is 2. The number of hydrogen-bond donors (Lipinski definition) is 3. The Kier molecular flexibility index (Phi) is 4.82. The summed E-state index contributed by atoms with van der Waals surface area (Å²) in [6.45, 7) is 1.64. The Balaban J connectivity index is 2.90. The molecule has 1 rings (SSSR count). The van der Waals surface area contributed by atoms with E-state index in [4.69, 9.17) is 20.1 Å². The topological polar surface area (TPSA) is 104 Å². The molecule has 0 bridgehead atoms. The molecule has 1 aromatic carbocycles. The Labute approximate surface area is 103 Å². The first-order valence-electron chi connectivity index (χ1n) is 5.27. The van der Waals surface area contributed by atoms with Crippen LogP contribution in [-0.2, 0) is 11.3 Å². The van der Waals surface area contributed by atoms with Crippen LogP contribution in [0.4, 0.5) is 0 Å². The molecule has 18 heavy (non-hydrogen) atoms. The first kappa shape index (κ1) is 14.1. The van der Waals surface area contributed by atoms with Crippen LogP contribution in [0, 0.1) is 0 Å². The van der Waals surface area contributed by atoms with Crippen LogP contribution in [-0.4, -0.2) is 40.0 Å². The maximum atomic E-state index is 11.0. The van der Waals surface area contributed by atoms with Gasteiger partial charge in [-0.3, -0.25) is 0 Å². The van der Waals surface area contributed by atoms with Gasteiger partial charge in [0.2, 0.25) is 0 Å². The molecule has 0 saturated carbocycles. The third-order valence-corrected chi connectivity index (χ3v) is 2.20. The van der Waals surface area contributed by atoms with Gasteiger partial charge < -0.3 is 20.1 Å². The fourth-order valence-corrected chi connectivity index (χ4v) is 1.37. The molecule has 1 unspecified atom stereocenters. The summed E-state index contributed by atoms with van der Waals surface area (Å²) in [5.41, 5.74) is 0.167. The Morgan fingerprint density at radius 1 is 1.28 bits per heavy atom. The minimum atomic E-state index is -1.21. The molecular weight excluding hydrogens is 240 g/mol. The lowest BCUT2D eigenvalue weighted by Crippen LogP contribution is -2.12. The molecule has 0 radical (unpaired) electrons. The Bertz CT molecular complexity index is 452. The van der Waals surface area contributed by atoms with Crippen molar-refractivity contribution in [3.63, 3.8) is 0 Å². The van der Waals surface area contributed by atoms with E-state index in [1.165, 1.54) is 12.1 Å². The SMILES string of the molecule is CC(O)COCc1ccc(C(=O)O)cc1C(=O)O. The van der Waals surface area contributed by atoms with E-state index in [0.717, 1.165) is 6.07 Å². The van der Waals surface area contributed by atoms with Gasteiger partial charge in [0, 0.05) is 0 Å². The van der Waals surface area contributed by atoms with Gasteiger partial charge in [-0.2, -0.15) is 0 Å². The van der Waals surface area contributed by atoms with Crippen LogP contribution >= 0.6 is 0 Å². The minimum absolute atomic E-state index is 0.00638. The van der Waals surface area contributed by atoms with Crippen LogP contribution in [0.15, 0.2) is 18.2 Å². The van der Waals surface area contributed by atoms with Gasteiger partial charge in [-0.1, -0.05) is 6.07 Å². The quantitative estimate of drug-likeness (QED) is 0.699. The number of carboxylic acids is 2. The Morgan fingerprint density at radius 2 is 1.94 bits per heavy atom. The molecular formula is C12H14O6. The number of ether oxygens (including phenoxy) is 1. The average molecular weight is 254 g/mol. The van der Waals surface area contributed by atoms with E-state index in [-0.39, 0.29) is 24.3 Å². The zero-order valence-corrected chi connectivity index (χ0v) is 9.79. The fourth-order valence-electron chi connectivity index (χ4n) is 1.37. The van der Waals surface area contributed by atoms with Crippen LogP contribution in [0.2, 0.25) is 0 Å². The second kappa shape index (κ2) is 6.13. The summed E-state index contributed by atoms with van der Waals surface area (Å²) in [5, 5.41) is 26.8. The summed E-state index contributed by atoms with van der Waals surface area (Å²) in [7, 11) is 0. The second-order valence-corrected chi connectivity index (χ2v) is 3.85. The number of rotatable bonds is 6. The molecule has 0 aliphatic heterocycles. The highest BCUT2D eigenvalue weighted by molar-refractivity contribution is 5.94. The molecule has 0 saturated heterocycles. The number of carboxylic acid groups (broad SMARTS) is 2. The molecule has 0 aliphatic carbocycles. The van der Waals surface area contributed by atoms with Crippen molar-refractivity contribution in [2.75, 3.05) is 6.61 Å². The van der Waals surface area contributed by atoms with Gasteiger partial charge in [-0.25, -0.2) is 9.59 Å². The lowest BCUT2D eigenvalue weighted by atomic mass is 10.0. The summed E-state index contributed by atoms with van der Waals surface area (Å²) >= 11 is 0. The third kappa shape index (κ3) is 3.83. The van der Waals surface area contributed by atoms with Crippen LogP contribution in [0.1, 0.15) is 33.2 Å². The Morgan fingerprint density at radius 3 is 2.44 bits per heavy atom. The molecule has 0 fully saturated rings. The van der Waals surface area contributed by atoms with Gasteiger partial charge in [0.05, 0.1) is 30.4 Å². The average Bonchev–Trinajstić information content (AvgIpc) is 2.28. The van der Waals surface area contributed by atoms with Crippen molar-refractivity contribution in [3.05, 3.63) is 34.9 Å². The molecule has 1 aromatic rings. The zero-order chi connectivity index (χ0) is 13.7. The van der Waals surface area contributed by atoms with Crippen molar-refractivity contribution in [1.29, 1.82) is 0 Å². The van der Waals surface area contributed by atoms with Gasteiger partial charge in [0.1, 0.15) is 0 Å². The highest BCUT2D eigenvalue weighted by Crippen LogP contribution is 2.14. The van der Waals surface area contributed by atoms with Crippen molar-refractivity contribution in [2.24, 2.45) is 0 Å². The number of carbonyl (C=O) groups is 2. The van der Waals surface area contributed by atoms with Gasteiger partial charge in [0.15, 0.2) is 0 Å². The van der Waals surface area contributed by atoms with Crippen LogP contribution in [0.3, 0.4) is 0 Å². The lowest BCUT2D eigenvalue weighted by Gasteiger charge is -2.09. The van der Waals surface area contributed by atoms with Crippen molar-refractivity contribution >= 4 is 11.9 Å². The van der Waals surface area contributed by atoms with Gasteiger partial charge >= 0.3 is 11.9 Å². The number of aliphatic hydroxyl groups excluding tert-OH is 1. The summed E-state index contributed by atoms with van der Waals surface area (Å²) in [5.74, 6) is -2.40. The normalized spacial score (nSPS) is 12.1. The number of hydrogen-bond acceptors (Lipinski definition) is 4. The van der Waals surface area contributed by atoms with E-state index in [2.05, 4.69) is 0 Å². The van der Waals surface area contributed by atoms with Crippen molar-refractivity contribution in [2.45, 2.75) is 19.6 Å². The number of aliphatic hydroxyl groups is 1. The smallest absolute Gasteiger partial charge is 0.336 e. The van der Waals surface area contributed by atoms with Crippen molar-refractivity contribution < 1.29 is 29.6 Å². The summed E-state index contributed by atoms with van der Waals surface area (Å²) in [4.78, 5) is 21.7. The maximum Gasteiger partial charge on any atom is 0.336 e. The second-order valence-electron chi connectivity index (χ2n) is 3.85. The Hall–Kier alpha value is -1.92. The first-order valence-corrected chi connectivity index (χ1v) is 5.27. The molecule has 0 heterocycles. The van der Waals surface area contributed by atoms with E-state index in [1.807, 2.05) is 0 Å². The maximum absolute atomic E-state index is 11.0. The van der Waals surface area contributed by atoms with E-state index in [9.17, 15) is 9.59 Å². The van der Waals surface area contributed by atoms with E-state index in [1.54, 1.807) is 6.92 Å². The van der Waals surface area contributed by atoms with Crippen LogP contribution in [0.5, 0.6) is 0 Å². The zero-order valence-electron chi connectivity index (χ0n) is 9.79. The van der Waals surface area contributed by atoms with Crippen molar-refractivity contribution in [3.8, 4) is 0 Å². The van der Waals surface area contributed by atoms with E-state index < -0.39 is 18.0 Å². The summed E-state index contributed by atoms with van der Waals surface area (Å²) in [6, 6.07) is 3.80. The molecule has 0 aromatic heterocycles. The monoisotopic (exact) mass is 254 g/mol. The standard InChI is InChI=1S/C12H14O6/c1-7(13)5-18-6-9-3-2-8(11(14)15)4-10(9)12(16)17/h2-4,7,13H,5-6H2,1H3,(H,14,15)(H,16,17). The molecule has 6 nitrogen and oxygen atoms in total. The van der Waals surface area contributed by atoms with Gasteiger partial charge in [-0.05, 0) is 24.6 Å². The molecule has 6 heteroatoms. The highest BCUT2D eigenvalue weighted by atomic mass is 16.5. The molecule has 98 valence electrons. The summed E-state index contributed by atoms with van der Waals surface area (Å²) in [6.07, 6.45) is -0.642. The third-order valence-electron chi connectivity index (χ3n) is 2.20. The molecule has 0 aliphatic rings. The number of benzene rings is 1. The fraction of sp³-hybridized carbons (Fsp3) is 0.333. The van der Waals surface area contributed by atoms with Crippen LogP contribution in [0.25, 0.3) is 0 Å². The first-order chi connectivity index (χ1) is 8.41. The lowest BCUT2D eigenvalue weighted by molar-refractivity contribution is 0.0368. The molecule has 3 N–H and O–H groups in total. The highest BCUT2D eigenvalue weighted by Gasteiger charge is 2.14. The van der Waals surface area contributed by atoms with Crippen LogP contribution < -0.4 is 0 Å². The summed E-state index contributed by atoms with van der Waals surface area (Å²) < 4.78 is 5.11. The minimum Gasteiger partial charge on any atom is -0.478 e. The predicted molar refractivity (Wildman–Crippen MR) is 61.7 cm³/mol.